The monoisotopic (exact) mass is 445 g/mol. The SMILES string of the molecule is C[N+]1(C)[C@H](/C=C/c2ccccc2)CCC[C@@H]1/C=C/c1ccccc1.[I-]. The Morgan fingerprint density at radius 2 is 1.12 bits per heavy atom. The molecule has 0 radical (unpaired) electrons. The van der Waals surface area contributed by atoms with Crippen LogP contribution in [-0.2, 0) is 0 Å². The largest absolute Gasteiger partial charge is 1.00 e. The van der Waals surface area contributed by atoms with Gasteiger partial charge in [-0.3, -0.25) is 0 Å². The van der Waals surface area contributed by atoms with E-state index in [9.17, 15) is 0 Å². The van der Waals surface area contributed by atoms with Gasteiger partial charge < -0.3 is 28.5 Å². The fourth-order valence-corrected chi connectivity index (χ4v) is 3.66. The summed E-state index contributed by atoms with van der Waals surface area (Å²) in [6.45, 7) is 0. The molecule has 2 aromatic rings. The summed E-state index contributed by atoms with van der Waals surface area (Å²) in [5.74, 6) is 0. The van der Waals surface area contributed by atoms with Crippen molar-refractivity contribution in [3.05, 3.63) is 83.9 Å². The molecule has 25 heavy (non-hydrogen) atoms. The molecule has 0 spiro atoms. The van der Waals surface area contributed by atoms with Crippen molar-refractivity contribution in [3.8, 4) is 0 Å². The van der Waals surface area contributed by atoms with Crippen LogP contribution >= 0.6 is 0 Å². The average Bonchev–Trinajstić information content (AvgIpc) is 2.61. The van der Waals surface area contributed by atoms with Crippen LogP contribution < -0.4 is 24.0 Å². The van der Waals surface area contributed by atoms with Gasteiger partial charge in [-0.25, -0.2) is 0 Å². The molecule has 0 bridgehead atoms. The minimum absolute atomic E-state index is 0. The smallest absolute Gasteiger partial charge is 0.108 e. The van der Waals surface area contributed by atoms with E-state index in [1.807, 2.05) is 0 Å². The molecule has 0 unspecified atom stereocenters. The molecule has 1 fully saturated rings. The van der Waals surface area contributed by atoms with Crippen molar-refractivity contribution in [2.24, 2.45) is 0 Å². The molecule has 0 saturated carbocycles. The van der Waals surface area contributed by atoms with E-state index in [0.29, 0.717) is 12.1 Å². The predicted molar refractivity (Wildman–Crippen MR) is 104 cm³/mol. The summed E-state index contributed by atoms with van der Waals surface area (Å²) in [6, 6.07) is 22.4. The third kappa shape index (κ3) is 5.29. The van der Waals surface area contributed by atoms with Gasteiger partial charge in [-0.1, -0.05) is 72.8 Å². The Kier molecular flexibility index (Phi) is 7.45. The molecule has 0 aliphatic carbocycles. The van der Waals surface area contributed by atoms with Gasteiger partial charge in [0, 0.05) is 12.8 Å². The Bertz CT molecular complexity index is 629. The van der Waals surface area contributed by atoms with Gasteiger partial charge in [-0.2, -0.15) is 0 Å². The first-order valence-corrected chi connectivity index (χ1v) is 8.96. The lowest BCUT2D eigenvalue weighted by molar-refractivity contribution is -0.931. The van der Waals surface area contributed by atoms with Crippen molar-refractivity contribution in [3.63, 3.8) is 0 Å². The van der Waals surface area contributed by atoms with E-state index in [1.54, 1.807) is 0 Å². The standard InChI is InChI=1S/C23H28N.HI/c1-24(2)22(18-16-20-10-5-3-6-11-20)14-9-15-23(24)19-17-21-12-7-4-8-13-21;/h3-8,10-13,16-19,22-23H,9,14-15H2,1-2H3;1H/q+1;/p-1/b18-16+,19-17+;/t22-,23+;. The summed E-state index contributed by atoms with van der Waals surface area (Å²) < 4.78 is 1.03. The van der Waals surface area contributed by atoms with Crippen LogP contribution in [-0.4, -0.2) is 30.7 Å². The lowest BCUT2D eigenvalue weighted by atomic mass is 9.92. The Morgan fingerprint density at radius 1 is 0.720 bits per heavy atom. The zero-order chi connectivity index (χ0) is 16.8. The van der Waals surface area contributed by atoms with Crippen LogP contribution in [0.2, 0.25) is 0 Å². The van der Waals surface area contributed by atoms with Gasteiger partial charge in [0.1, 0.15) is 12.1 Å². The molecule has 3 rings (SSSR count). The molecular weight excluding hydrogens is 417 g/mol. The summed E-state index contributed by atoms with van der Waals surface area (Å²) in [6.07, 6.45) is 13.2. The number of hydrogen-bond donors (Lipinski definition) is 0. The molecule has 2 heteroatoms. The zero-order valence-electron chi connectivity index (χ0n) is 15.2. The molecular formula is C23H28IN. The third-order valence-corrected chi connectivity index (χ3v) is 5.33. The van der Waals surface area contributed by atoms with Gasteiger partial charge in [0.2, 0.25) is 0 Å². The fourth-order valence-electron chi connectivity index (χ4n) is 3.66. The van der Waals surface area contributed by atoms with Gasteiger partial charge in [0.05, 0.1) is 14.1 Å². The quantitative estimate of drug-likeness (QED) is 0.501. The summed E-state index contributed by atoms with van der Waals surface area (Å²) in [5.41, 5.74) is 2.58. The first kappa shape index (κ1) is 19.9. The van der Waals surface area contributed by atoms with Gasteiger partial charge in [0.15, 0.2) is 0 Å². The van der Waals surface area contributed by atoms with Crippen molar-refractivity contribution >= 4 is 12.2 Å². The Hall–Kier alpha value is -1.39. The van der Waals surface area contributed by atoms with Crippen LogP contribution in [0.15, 0.2) is 72.8 Å². The molecule has 132 valence electrons. The number of rotatable bonds is 4. The van der Waals surface area contributed by atoms with Crippen LogP contribution in [0.4, 0.5) is 0 Å². The molecule has 0 amide bonds. The summed E-state index contributed by atoms with van der Waals surface area (Å²) in [4.78, 5) is 0. The minimum atomic E-state index is 0. The van der Waals surface area contributed by atoms with Crippen LogP contribution in [0.1, 0.15) is 30.4 Å². The highest BCUT2D eigenvalue weighted by molar-refractivity contribution is 5.50. The maximum Gasteiger partial charge on any atom is 0.108 e. The lowest BCUT2D eigenvalue weighted by Gasteiger charge is -2.45. The second kappa shape index (κ2) is 9.35. The molecule has 0 aromatic heterocycles. The van der Waals surface area contributed by atoms with Gasteiger partial charge in [0.25, 0.3) is 0 Å². The van der Waals surface area contributed by atoms with E-state index in [1.165, 1.54) is 30.4 Å². The zero-order valence-corrected chi connectivity index (χ0v) is 17.3. The van der Waals surface area contributed by atoms with Crippen molar-refractivity contribution in [1.82, 2.24) is 0 Å². The van der Waals surface area contributed by atoms with Gasteiger partial charge in [-0.05, 0) is 29.7 Å². The van der Waals surface area contributed by atoms with Crippen LogP contribution in [0.5, 0.6) is 0 Å². The number of piperidine rings is 1. The van der Waals surface area contributed by atoms with Crippen molar-refractivity contribution < 1.29 is 28.5 Å². The second-order valence-corrected chi connectivity index (χ2v) is 7.23. The predicted octanol–water partition coefficient (Wildman–Crippen LogP) is 2.41. The highest BCUT2D eigenvalue weighted by Crippen LogP contribution is 2.30. The summed E-state index contributed by atoms with van der Waals surface area (Å²) in [5, 5.41) is 0. The maximum atomic E-state index is 2.41. The van der Waals surface area contributed by atoms with Gasteiger partial charge in [-0.15, -0.1) is 0 Å². The van der Waals surface area contributed by atoms with E-state index >= 15 is 0 Å². The Labute approximate surface area is 169 Å². The van der Waals surface area contributed by atoms with E-state index in [2.05, 4.69) is 99.1 Å². The fraction of sp³-hybridized carbons (Fsp3) is 0.304. The first-order valence-electron chi connectivity index (χ1n) is 8.96. The van der Waals surface area contributed by atoms with Crippen LogP contribution in [0, 0.1) is 0 Å². The van der Waals surface area contributed by atoms with Crippen molar-refractivity contribution in [2.45, 2.75) is 31.3 Å². The minimum Gasteiger partial charge on any atom is -1.00 e. The summed E-state index contributed by atoms with van der Waals surface area (Å²) in [7, 11) is 4.75. The van der Waals surface area contributed by atoms with Crippen molar-refractivity contribution in [1.29, 1.82) is 0 Å². The topological polar surface area (TPSA) is 0 Å². The average molecular weight is 445 g/mol. The Morgan fingerprint density at radius 3 is 1.52 bits per heavy atom. The summed E-state index contributed by atoms with van der Waals surface area (Å²) >= 11 is 0. The third-order valence-electron chi connectivity index (χ3n) is 5.33. The second-order valence-electron chi connectivity index (χ2n) is 7.23. The lowest BCUT2D eigenvalue weighted by Crippen LogP contribution is -3.00. The number of likely N-dealkylation sites (N-methyl/N-ethyl adjacent to an activating group) is 1. The normalized spacial score (nSPS) is 22.8. The molecule has 1 aliphatic heterocycles. The highest BCUT2D eigenvalue weighted by atomic mass is 127. The number of quaternary nitrogens is 1. The number of hydrogen-bond acceptors (Lipinski definition) is 0. The maximum absolute atomic E-state index is 2.41. The number of benzene rings is 2. The van der Waals surface area contributed by atoms with Crippen LogP contribution in [0.3, 0.4) is 0 Å². The van der Waals surface area contributed by atoms with E-state index < -0.39 is 0 Å². The molecule has 1 aliphatic rings. The van der Waals surface area contributed by atoms with Gasteiger partial charge >= 0.3 is 0 Å². The van der Waals surface area contributed by atoms with E-state index in [4.69, 9.17) is 0 Å². The molecule has 0 N–H and O–H groups in total. The van der Waals surface area contributed by atoms with Crippen LogP contribution in [0.25, 0.3) is 12.2 Å². The molecule has 1 heterocycles. The van der Waals surface area contributed by atoms with E-state index in [-0.39, 0.29) is 24.0 Å². The molecule has 1 nitrogen and oxygen atoms in total. The molecule has 2 atom stereocenters. The number of nitrogens with zero attached hydrogens (tertiary/aromatic N) is 1. The Balaban J connectivity index is 0.00000225. The highest BCUT2D eigenvalue weighted by Gasteiger charge is 2.36. The van der Waals surface area contributed by atoms with E-state index in [0.717, 1.165) is 4.48 Å². The van der Waals surface area contributed by atoms with Crippen molar-refractivity contribution in [2.75, 3.05) is 14.1 Å². The first-order chi connectivity index (χ1) is 11.7. The number of likely N-dealkylation sites (tertiary alicyclic amines) is 1. The number of halogens is 1. The molecule has 2 aromatic carbocycles. The molecule has 1 saturated heterocycles.